The van der Waals surface area contributed by atoms with Gasteiger partial charge in [0.2, 0.25) is 0 Å². The first-order valence-electron chi connectivity index (χ1n) is 8.26. The fourth-order valence-corrected chi connectivity index (χ4v) is 6.90. The van der Waals surface area contributed by atoms with Crippen LogP contribution in [0.2, 0.25) is 13.1 Å². The molecule has 3 rings (SSSR count). The molecule has 1 atom stereocenters. The topological polar surface area (TPSA) is 0 Å². The predicted octanol–water partition coefficient (Wildman–Crippen LogP) is 5.28. The van der Waals surface area contributed by atoms with Crippen molar-refractivity contribution in [3.05, 3.63) is 102 Å². The van der Waals surface area contributed by atoms with E-state index in [1.54, 1.807) is 0 Å². The van der Waals surface area contributed by atoms with Gasteiger partial charge in [0.1, 0.15) is 0 Å². The van der Waals surface area contributed by atoms with Crippen LogP contribution in [0.15, 0.2) is 84.9 Å². The summed E-state index contributed by atoms with van der Waals surface area (Å²) in [5.41, 5.74) is 4.64. The Morgan fingerprint density at radius 1 is 0.609 bits per heavy atom. The lowest BCUT2D eigenvalue weighted by Gasteiger charge is -2.34. The maximum absolute atomic E-state index is 2.49. The number of benzene rings is 3. The standard InChI is InChI=1S/C22H24Si/c1-18-14-16-20(17-15-18)22(19-10-6-4-7-11-19)23(2,3)21-12-8-5-9-13-21/h4-17,22H,1-3H3/t22-/m1/s1. The number of rotatable bonds is 4. The lowest BCUT2D eigenvalue weighted by Crippen LogP contribution is -2.48. The van der Waals surface area contributed by atoms with Gasteiger partial charge in [0.25, 0.3) is 0 Å². The fourth-order valence-electron chi connectivity index (χ4n) is 3.46. The van der Waals surface area contributed by atoms with Crippen molar-refractivity contribution in [3.8, 4) is 0 Å². The number of aryl methyl sites for hydroxylation is 1. The van der Waals surface area contributed by atoms with Crippen LogP contribution in [0, 0.1) is 6.92 Å². The molecular formula is C22H24Si. The van der Waals surface area contributed by atoms with Crippen molar-refractivity contribution < 1.29 is 0 Å². The second-order valence-electron chi connectivity index (χ2n) is 6.84. The third-order valence-electron chi connectivity index (χ3n) is 4.78. The van der Waals surface area contributed by atoms with Gasteiger partial charge in [-0.1, -0.05) is 109 Å². The summed E-state index contributed by atoms with van der Waals surface area (Å²) < 4.78 is 0. The number of hydrogen-bond acceptors (Lipinski definition) is 0. The first kappa shape index (κ1) is 15.8. The van der Waals surface area contributed by atoms with Crippen LogP contribution in [-0.2, 0) is 0 Å². The zero-order valence-corrected chi connectivity index (χ0v) is 15.2. The summed E-state index contributed by atoms with van der Waals surface area (Å²) in [6, 6.07) is 31.1. The van der Waals surface area contributed by atoms with Crippen molar-refractivity contribution in [1.29, 1.82) is 0 Å². The largest absolute Gasteiger partial charge is 0.0927 e. The molecule has 0 aliphatic rings. The Balaban J connectivity index is 2.14. The monoisotopic (exact) mass is 316 g/mol. The van der Waals surface area contributed by atoms with Crippen LogP contribution in [0.4, 0.5) is 0 Å². The summed E-state index contributed by atoms with van der Waals surface area (Å²) >= 11 is 0. The summed E-state index contributed by atoms with van der Waals surface area (Å²) in [6.07, 6.45) is 0. The lowest BCUT2D eigenvalue weighted by atomic mass is 10.0. The molecule has 3 aromatic rings. The molecule has 0 amide bonds. The molecule has 0 aromatic heterocycles. The molecule has 0 bridgehead atoms. The van der Waals surface area contributed by atoms with E-state index in [1.807, 2.05) is 0 Å². The highest BCUT2D eigenvalue weighted by atomic mass is 28.3. The first-order chi connectivity index (χ1) is 11.1. The fraction of sp³-hybridized carbons (Fsp3) is 0.182. The first-order valence-corrected chi connectivity index (χ1v) is 11.3. The highest BCUT2D eigenvalue weighted by Gasteiger charge is 2.35. The Hall–Kier alpha value is -2.12. The SMILES string of the molecule is Cc1ccc([C@@H](c2ccccc2)[Si](C)(C)c2ccccc2)cc1. The second kappa shape index (κ2) is 6.55. The van der Waals surface area contributed by atoms with E-state index >= 15 is 0 Å². The Labute approximate surface area is 140 Å². The van der Waals surface area contributed by atoms with E-state index in [-0.39, 0.29) is 0 Å². The Bertz CT molecular complexity index is 743. The Morgan fingerprint density at radius 2 is 1.09 bits per heavy atom. The summed E-state index contributed by atoms with van der Waals surface area (Å²) in [7, 11) is -1.71. The van der Waals surface area contributed by atoms with E-state index in [9.17, 15) is 0 Å². The minimum absolute atomic E-state index is 0.465. The van der Waals surface area contributed by atoms with Crippen molar-refractivity contribution in [2.75, 3.05) is 0 Å². The third-order valence-corrected chi connectivity index (χ3v) is 8.71. The third kappa shape index (κ3) is 3.30. The van der Waals surface area contributed by atoms with Crippen LogP contribution in [0.5, 0.6) is 0 Å². The maximum Gasteiger partial charge on any atom is 0.0927 e. The molecule has 0 fully saturated rings. The van der Waals surface area contributed by atoms with Crippen LogP contribution >= 0.6 is 0 Å². The van der Waals surface area contributed by atoms with Crippen LogP contribution in [0.3, 0.4) is 0 Å². The van der Waals surface area contributed by atoms with Gasteiger partial charge in [-0.2, -0.15) is 0 Å². The van der Waals surface area contributed by atoms with Crippen molar-refractivity contribution >= 4 is 13.3 Å². The summed E-state index contributed by atoms with van der Waals surface area (Å²) in [5, 5.41) is 1.51. The molecule has 3 aromatic carbocycles. The molecule has 0 radical (unpaired) electrons. The molecule has 0 aliphatic carbocycles. The average Bonchev–Trinajstić information content (AvgIpc) is 2.58. The van der Waals surface area contributed by atoms with Crippen molar-refractivity contribution in [2.24, 2.45) is 0 Å². The normalized spacial score (nSPS) is 12.8. The summed E-state index contributed by atoms with van der Waals surface area (Å²) in [5.74, 6) is 0. The molecule has 0 aliphatic heterocycles. The molecule has 23 heavy (non-hydrogen) atoms. The minimum Gasteiger partial charge on any atom is -0.0647 e. The minimum atomic E-state index is -1.71. The molecular weight excluding hydrogens is 292 g/mol. The van der Waals surface area contributed by atoms with E-state index < -0.39 is 8.07 Å². The van der Waals surface area contributed by atoms with Gasteiger partial charge in [0.15, 0.2) is 0 Å². The molecule has 1 heteroatoms. The van der Waals surface area contributed by atoms with Crippen LogP contribution in [0.25, 0.3) is 0 Å². The average molecular weight is 317 g/mol. The molecule has 0 saturated carbocycles. The van der Waals surface area contributed by atoms with E-state index in [0.717, 1.165) is 0 Å². The Morgan fingerprint density at radius 3 is 1.65 bits per heavy atom. The molecule has 0 spiro atoms. The van der Waals surface area contributed by atoms with E-state index in [0.29, 0.717) is 5.54 Å². The van der Waals surface area contributed by atoms with Gasteiger partial charge in [-0.3, -0.25) is 0 Å². The van der Waals surface area contributed by atoms with Crippen LogP contribution < -0.4 is 5.19 Å². The summed E-state index contributed by atoms with van der Waals surface area (Å²) in [4.78, 5) is 0. The lowest BCUT2D eigenvalue weighted by molar-refractivity contribution is 1.08. The predicted molar refractivity (Wildman–Crippen MR) is 103 cm³/mol. The second-order valence-corrected chi connectivity index (χ2v) is 11.4. The van der Waals surface area contributed by atoms with Crippen molar-refractivity contribution in [1.82, 2.24) is 0 Å². The van der Waals surface area contributed by atoms with Crippen molar-refractivity contribution in [3.63, 3.8) is 0 Å². The molecule has 0 N–H and O–H groups in total. The maximum atomic E-state index is 2.49. The quantitative estimate of drug-likeness (QED) is 0.574. The molecule has 0 saturated heterocycles. The number of hydrogen-bond donors (Lipinski definition) is 0. The van der Waals surface area contributed by atoms with Gasteiger partial charge in [0.05, 0.1) is 8.07 Å². The zero-order valence-electron chi connectivity index (χ0n) is 14.2. The van der Waals surface area contributed by atoms with Crippen molar-refractivity contribution in [2.45, 2.75) is 25.6 Å². The van der Waals surface area contributed by atoms with Gasteiger partial charge in [0, 0.05) is 5.54 Å². The highest BCUT2D eigenvalue weighted by Crippen LogP contribution is 2.33. The van der Waals surface area contributed by atoms with Gasteiger partial charge >= 0.3 is 0 Å². The molecule has 0 heterocycles. The highest BCUT2D eigenvalue weighted by molar-refractivity contribution is 6.91. The molecule has 0 unspecified atom stereocenters. The smallest absolute Gasteiger partial charge is 0.0647 e. The van der Waals surface area contributed by atoms with E-state index in [4.69, 9.17) is 0 Å². The summed E-state index contributed by atoms with van der Waals surface area (Å²) in [6.45, 7) is 7.13. The zero-order chi connectivity index (χ0) is 16.3. The van der Waals surface area contributed by atoms with Gasteiger partial charge in [-0.25, -0.2) is 0 Å². The van der Waals surface area contributed by atoms with Gasteiger partial charge < -0.3 is 0 Å². The van der Waals surface area contributed by atoms with Crippen LogP contribution in [0.1, 0.15) is 22.2 Å². The Kier molecular flexibility index (Phi) is 4.49. The molecule has 0 nitrogen and oxygen atoms in total. The van der Waals surface area contributed by atoms with E-state index in [1.165, 1.54) is 21.9 Å². The molecule has 116 valence electrons. The van der Waals surface area contributed by atoms with Gasteiger partial charge in [-0.15, -0.1) is 0 Å². The van der Waals surface area contributed by atoms with Gasteiger partial charge in [-0.05, 0) is 18.1 Å². The van der Waals surface area contributed by atoms with Crippen LogP contribution in [-0.4, -0.2) is 8.07 Å². The van der Waals surface area contributed by atoms with E-state index in [2.05, 4.69) is 105 Å².